The standard InChI is InChI=1S/C15H17NO3S/c1-16(9-14-3-2-8-20-14)15(18)11-19-13-6-4-12(10-17)5-7-13/h2-8,17H,9-11H2,1H3. The van der Waals surface area contributed by atoms with E-state index in [2.05, 4.69) is 0 Å². The first kappa shape index (κ1) is 14.6. The molecule has 0 atom stereocenters. The summed E-state index contributed by atoms with van der Waals surface area (Å²) in [5.74, 6) is 0.560. The summed E-state index contributed by atoms with van der Waals surface area (Å²) in [4.78, 5) is 14.7. The molecule has 0 radical (unpaired) electrons. The van der Waals surface area contributed by atoms with E-state index >= 15 is 0 Å². The van der Waals surface area contributed by atoms with Crippen LogP contribution in [0.2, 0.25) is 0 Å². The molecule has 0 fully saturated rings. The van der Waals surface area contributed by atoms with Crippen LogP contribution in [-0.2, 0) is 17.9 Å². The smallest absolute Gasteiger partial charge is 0.260 e. The van der Waals surface area contributed by atoms with Gasteiger partial charge in [0.05, 0.1) is 13.2 Å². The van der Waals surface area contributed by atoms with Gasteiger partial charge in [0.1, 0.15) is 5.75 Å². The molecular weight excluding hydrogens is 274 g/mol. The van der Waals surface area contributed by atoms with Crippen LogP contribution in [-0.4, -0.2) is 29.6 Å². The number of aliphatic hydroxyl groups is 1. The van der Waals surface area contributed by atoms with Crippen LogP contribution < -0.4 is 4.74 Å². The lowest BCUT2D eigenvalue weighted by Gasteiger charge is -2.16. The minimum Gasteiger partial charge on any atom is -0.484 e. The zero-order valence-corrected chi connectivity index (χ0v) is 12.1. The quantitative estimate of drug-likeness (QED) is 0.888. The Hall–Kier alpha value is -1.85. The molecule has 0 saturated heterocycles. The van der Waals surface area contributed by atoms with Crippen LogP contribution in [0, 0.1) is 0 Å². The largest absolute Gasteiger partial charge is 0.484 e. The van der Waals surface area contributed by atoms with Gasteiger partial charge in [-0.2, -0.15) is 0 Å². The Morgan fingerprint density at radius 3 is 2.65 bits per heavy atom. The monoisotopic (exact) mass is 291 g/mol. The van der Waals surface area contributed by atoms with Gasteiger partial charge in [0.25, 0.3) is 5.91 Å². The molecule has 1 aromatic heterocycles. The lowest BCUT2D eigenvalue weighted by Crippen LogP contribution is -2.30. The van der Waals surface area contributed by atoms with Gasteiger partial charge in [-0.15, -0.1) is 11.3 Å². The van der Waals surface area contributed by atoms with Crippen molar-refractivity contribution in [2.45, 2.75) is 13.2 Å². The van der Waals surface area contributed by atoms with Crippen LogP contribution >= 0.6 is 11.3 Å². The molecule has 2 rings (SSSR count). The summed E-state index contributed by atoms with van der Waals surface area (Å²) < 4.78 is 5.44. The van der Waals surface area contributed by atoms with Crippen molar-refractivity contribution in [3.63, 3.8) is 0 Å². The van der Waals surface area contributed by atoms with E-state index in [4.69, 9.17) is 9.84 Å². The first-order valence-electron chi connectivity index (χ1n) is 6.28. The molecule has 1 amide bonds. The van der Waals surface area contributed by atoms with Gasteiger partial charge in [-0.1, -0.05) is 18.2 Å². The van der Waals surface area contributed by atoms with E-state index in [0.717, 1.165) is 10.4 Å². The molecule has 1 heterocycles. The summed E-state index contributed by atoms with van der Waals surface area (Å²) in [6.07, 6.45) is 0. The average molecular weight is 291 g/mol. The third-order valence-corrected chi connectivity index (χ3v) is 3.73. The molecule has 4 nitrogen and oxygen atoms in total. The van der Waals surface area contributed by atoms with Gasteiger partial charge in [-0.05, 0) is 29.1 Å². The van der Waals surface area contributed by atoms with E-state index < -0.39 is 0 Å². The Morgan fingerprint density at radius 1 is 1.30 bits per heavy atom. The van der Waals surface area contributed by atoms with Gasteiger partial charge in [0.15, 0.2) is 6.61 Å². The van der Waals surface area contributed by atoms with Crippen molar-refractivity contribution < 1.29 is 14.6 Å². The summed E-state index contributed by atoms with van der Waals surface area (Å²) in [5.41, 5.74) is 0.818. The van der Waals surface area contributed by atoms with Crippen LogP contribution in [0.5, 0.6) is 5.75 Å². The number of hydrogen-bond acceptors (Lipinski definition) is 4. The summed E-state index contributed by atoms with van der Waals surface area (Å²) >= 11 is 1.63. The number of aliphatic hydroxyl groups excluding tert-OH is 1. The van der Waals surface area contributed by atoms with Crippen molar-refractivity contribution in [3.05, 3.63) is 52.2 Å². The molecule has 20 heavy (non-hydrogen) atoms. The lowest BCUT2D eigenvalue weighted by atomic mass is 10.2. The molecule has 0 saturated carbocycles. The Balaban J connectivity index is 1.81. The SMILES string of the molecule is CN(Cc1cccs1)C(=O)COc1ccc(CO)cc1. The number of benzene rings is 1. The van der Waals surface area contributed by atoms with Crippen LogP contribution in [0.25, 0.3) is 0 Å². The first-order valence-corrected chi connectivity index (χ1v) is 7.16. The number of hydrogen-bond donors (Lipinski definition) is 1. The van der Waals surface area contributed by atoms with Crippen LogP contribution in [0.4, 0.5) is 0 Å². The number of nitrogens with zero attached hydrogens (tertiary/aromatic N) is 1. The van der Waals surface area contributed by atoms with Crippen molar-refractivity contribution in [3.8, 4) is 5.75 Å². The zero-order valence-electron chi connectivity index (χ0n) is 11.3. The number of amides is 1. The maximum absolute atomic E-state index is 11.9. The highest BCUT2D eigenvalue weighted by atomic mass is 32.1. The number of likely N-dealkylation sites (N-methyl/N-ethyl adjacent to an activating group) is 1. The van der Waals surface area contributed by atoms with Gasteiger partial charge >= 0.3 is 0 Å². The molecule has 0 aliphatic rings. The maximum Gasteiger partial charge on any atom is 0.260 e. The molecule has 0 bridgehead atoms. The molecule has 106 valence electrons. The van der Waals surface area contributed by atoms with Gasteiger partial charge in [-0.25, -0.2) is 0 Å². The zero-order chi connectivity index (χ0) is 14.4. The molecule has 0 aliphatic heterocycles. The number of thiophene rings is 1. The molecule has 1 aromatic carbocycles. The molecule has 5 heteroatoms. The highest BCUT2D eigenvalue weighted by Gasteiger charge is 2.10. The molecule has 2 aromatic rings. The van der Waals surface area contributed by atoms with Crippen molar-refractivity contribution in [1.29, 1.82) is 0 Å². The molecule has 1 N–H and O–H groups in total. The fraction of sp³-hybridized carbons (Fsp3) is 0.267. The normalized spacial score (nSPS) is 10.3. The maximum atomic E-state index is 11.9. The van der Waals surface area contributed by atoms with E-state index in [1.165, 1.54) is 0 Å². The number of ether oxygens (including phenoxy) is 1. The van der Waals surface area contributed by atoms with Crippen LogP contribution in [0.3, 0.4) is 0 Å². The highest BCUT2D eigenvalue weighted by Crippen LogP contribution is 2.13. The van der Waals surface area contributed by atoms with Gasteiger partial charge in [0, 0.05) is 11.9 Å². The van der Waals surface area contributed by atoms with Crippen molar-refractivity contribution in [2.75, 3.05) is 13.7 Å². The predicted molar refractivity (Wildman–Crippen MR) is 78.7 cm³/mol. The van der Waals surface area contributed by atoms with Gasteiger partial charge in [0.2, 0.25) is 0 Å². The Morgan fingerprint density at radius 2 is 2.05 bits per heavy atom. The number of rotatable bonds is 6. The van der Waals surface area contributed by atoms with Gasteiger partial charge in [-0.3, -0.25) is 4.79 Å². The predicted octanol–water partition coefficient (Wildman–Crippen LogP) is 2.28. The molecule has 0 aliphatic carbocycles. The summed E-state index contributed by atoms with van der Waals surface area (Å²) in [7, 11) is 1.76. The topological polar surface area (TPSA) is 49.8 Å². The second-order valence-electron chi connectivity index (χ2n) is 4.42. The number of carbonyl (C=O) groups is 1. The van der Waals surface area contributed by atoms with Crippen LogP contribution in [0.15, 0.2) is 41.8 Å². The minimum absolute atomic E-state index is 0.00274. The molecular formula is C15H17NO3S. The Kier molecular flexibility index (Phi) is 5.15. The van der Waals surface area contributed by atoms with E-state index in [1.807, 2.05) is 17.5 Å². The van der Waals surface area contributed by atoms with E-state index in [1.54, 1.807) is 47.5 Å². The molecule has 0 spiro atoms. The van der Waals surface area contributed by atoms with Crippen molar-refractivity contribution in [1.82, 2.24) is 4.90 Å². The van der Waals surface area contributed by atoms with E-state index in [-0.39, 0.29) is 19.1 Å². The third kappa shape index (κ3) is 4.08. The minimum atomic E-state index is -0.0652. The Bertz CT molecular complexity index is 537. The number of carbonyl (C=O) groups excluding carboxylic acids is 1. The highest BCUT2D eigenvalue weighted by molar-refractivity contribution is 7.09. The third-order valence-electron chi connectivity index (χ3n) is 2.87. The molecule has 0 unspecified atom stereocenters. The fourth-order valence-corrected chi connectivity index (χ4v) is 2.43. The van der Waals surface area contributed by atoms with Gasteiger partial charge < -0.3 is 14.7 Å². The Labute approximate surface area is 122 Å². The van der Waals surface area contributed by atoms with E-state index in [0.29, 0.717) is 12.3 Å². The average Bonchev–Trinajstić information content (AvgIpc) is 2.98. The first-order chi connectivity index (χ1) is 9.69. The van der Waals surface area contributed by atoms with Crippen molar-refractivity contribution in [2.24, 2.45) is 0 Å². The fourth-order valence-electron chi connectivity index (χ4n) is 1.67. The second kappa shape index (κ2) is 7.07. The van der Waals surface area contributed by atoms with Crippen LogP contribution in [0.1, 0.15) is 10.4 Å². The summed E-state index contributed by atoms with van der Waals surface area (Å²) in [6.45, 7) is 0.617. The second-order valence-corrected chi connectivity index (χ2v) is 5.45. The van der Waals surface area contributed by atoms with Crippen molar-refractivity contribution >= 4 is 17.2 Å². The summed E-state index contributed by atoms with van der Waals surface area (Å²) in [6, 6.07) is 11.0. The lowest BCUT2D eigenvalue weighted by molar-refractivity contribution is -0.132. The summed E-state index contributed by atoms with van der Waals surface area (Å²) in [5, 5.41) is 10.9. The van der Waals surface area contributed by atoms with E-state index in [9.17, 15) is 4.79 Å².